The van der Waals surface area contributed by atoms with Gasteiger partial charge in [-0.25, -0.2) is 14.6 Å². The molecule has 1 aliphatic carbocycles. The molecule has 1 saturated carbocycles. The van der Waals surface area contributed by atoms with E-state index in [-0.39, 0.29) is 48.0 Å². The minimum atomic E-state index is -0.622. The number of nitrogens with zero attached hydrogens (tertiary/aromatic N) is 3. The van der Waals surface area contributed by atoms with Crippen LogP contribution in [0.2, 0.25) is 0 Å². The van der Waals surface area contributed by atoms with E-state index in [4.69, 9.17) is 14.2 Å². The summed E-state index contributed by atoms with van der Waals surface area (Å²) in [5.41, 5.74) is 4.61. The number of rotatable bonds is 15. The summed E-state index contributed by atoms with van der Waals surface area (Å²) in [7, 11) is 1.59. The molecule has 0 radical (unpaired) electrons. The largest absolute Gasteiger partial charge is 0.444 e. The van der Waals surface area contributed by atoms with E-state index in [9.17, 15) is 24.0 Å². The summed E-state index contributed by atoms with van der Waals surface area (Å²) in [6.45, 7) is 14.9. The summed E-state index contributed by atoms with van der Waals surface area (Å²) in [5.74, 6) is 0.277. The maximum absolute atomic E-state index is 14.1. The second-order valence-corrected chi connectivity index (χ2v) is 19.7. The lowest BCUT2D eigenvalue weighted by molar-refractivity contribution is -0.129. The zero-order valence-corrected chi connectivity index (χ0v) is 39.8. The molecule has 15 heteroatoms. The number of alkyl carbamates (subject to hydrolysis) is 1. The van der Waals surface area contributed by atoms with Gasteiger partial charge in [-0.3, -0.25) is 19.5 Å². The first-order valence-corrected chi connectivity index (χ1v) is 23.1. The summed E-state index contributed by atoms with van der Waals surface area (Å²) >= 11 is 0. The van der Waals surface area contributed by atoms with Crippen LogP contribution in [0.5, 0.6) is 0 Å². The summed E-state index contributed by atoms with van der Waals surface area (Å²) in [6.07, 6.45) is 4.00. The number of hydrogen-bond donors (Lipinski definition) is 4. The molecule has 3 aromatic carbocycles. The Morgan fingerprint density at radius 3 is 2.09 bits per heavy atom. The smallest absolute Gasteiger partial charge is 0.410 e. The Morgan fingerprint density at radius 1 is 0.818 bits per heavy atom. The van der Waals surface area contributed by atoms with Crippen LogP contribution in [0.3, 0.4) is 0 Å². The highest BCUT2D eigenvalue weighted by molar-refractivity contribution is 5.97. The number of hydrogen-bond acceptors (Lipinski definition) is 10. The Balaban J connectivity index is 1.08. The van der Waals surface area contributed by atoms with Crippen molar-refractivity contribution in [3.63, 3.8) is 0 Å². The third kappa shape index (κ3) is 14.5. The van der Waals surface area contributed by atoms with Crippen molar-refractivity contribution in [3.05, 3.63) is 89.2 Å². The Labute approximate surface area is 388 Å². The number of ketones is 1. The molecule has 4 amide bonds. The summed E-state index contributed by atoms with van der Waals surface area (Å²) < 4.78 is 16.0. The maximum atomic E-state index is 14.1. The van der Waals surface area contributed by atoms with E-state index in [0.717, 1.165) is 40.7 Å². The number of anilines is 1. The molecule has 1 aromatic heterocycles. The number of piperidine rings is 1. The topological polar surface area (TPSA) is 194 Å². The molecule has 15 nitrogen and oxygen atoms in total. The van der Waals surface area contributed by atoms with Crippen LogP contribution in [0.25, 0.3) is 22.5 Å². The van der Waals surface area contributed by atoms with Crippen LogP contribution in [-0.4, -0.2) is 93.9 Å². The lowest BCUT2D eigenvalue weighted by Gasteiger charge is -2.33. The Kier molecular flexibility index (Phi) is 16.4. The van der Waals surface area contributed by atoms with Crippen molar-refractivity contribution in [1.29, 1.82) is 0 Å². The molecular weight excluding hydrogens is 839 g/mol. The first kappa shape index (κ1) is 49.3. The van der Waals surface area contributed by atoms with Crippen molar-refractivity contribution in [3.8, 4) is 22.5 Å². The minimum absolute atomic E-state index is 0.0412. The predicted octanol–water partition coefficient (Wildman–Crippen LogP) is 8.81. The van der Waals surface area contributed by atoms with Gasteiger partial charge in [-0.15, -0.1) is 0 Å². The molecule has 4 N–H and O–H groups in total. The number of H-pyrrole nitrogens is 1. The quantitative estimate of drug-likeness (QED) is 0.0896. The van der Waals surface area contributed by atoms with E-state index in [1.165, 1.54) is 0 Å². The van der Waals surface area contributed by atoms with Gasteiger partial charge in [0.1, 0.15) is 23.6 Å². The van der Waals surface area contributed by atoms with Gasteiger partial charge in [0, 0.05) is 67.9 Å². The fraction of sp³-hybridized carbons (Fsp3) is 0.510. The van der Waals surface area contributed by atoms with E-state index in [1.807, 2.05) is 103 Å². The number of ether oxygens (including phenoxy) is 3. The molecule has 66 heavy (non-hydrogen) atoms. The van der Waals surface area contributed by atoms with E-state index < -0.39 is 23.2 Å². The highest BCUT2D eigenvalue weighted by Crippen LogP contribution is 2.32. The van der Waals surface area contributed by atoms with Crippen LogP contribution in [0.4, 0.5) is 15.3 Å². The van der Waals surface area contributed by atoms with Gasteiger partial charge in [0.05, 0.1) is 0 Å². The molecule has 6 rings (SSSR count). The number of methoxy groups -OCH3 is 1. The number of aromatic nitrogens is 3. The van der Waals surface area contributed by atoms with E-state index >= 15 is 0 Å². The van der Waals surface area contributed by atoms with E-state index in [1.54, 1.807) is 24.1 Å². The Morgan fingerprint density at radius 2 is 1.47 bits per heavy atom. The zero-order valence-electron chi connectivity index (χ0n) is 39.8. The molecule has 1 saturated heterocycles. The maximum Gasteiger partial charge on any atom is 0.410 e. The van der Waals surface area contributed by atoms with Gasteiger partial charge in [0.2, 0.25) is 5.91 Å². The highest BCUT2D eigenvalue weighted by atomic mass is 16.6. The first-order valence-electron chi connectivity index (χ1n) is 23.1. The molecule has 1 aliphatic heterocycles. The fourth-order valence-electron chi connectivity index (χ4n) is 8.51. The zero-order chi connectivity index (χ0) is 47.6. The van der Waals surface area contributed by atoms with Crippen molar-refractivity contribution in [2.24, 2.45) is 17.8 Å². The minimum Gasteiger partial charge on any atom is -0.444 e. The lowest BCUT2D eigenvalue weighted by Crippen LogP contribution is -2.47. The molecule has 0 unspecified atom stereocenters. The number of likely N-dealkylation sites (tertiary alicyclic amines) is 1. The summed E-state index contributed by atoms with van der Waals surface area (Å²) in [5, 5.41) is 16.2. The van der Waals surface area contributed by atoms with Gasteiger partial charge >= 0.3 is 12.2 Å². The van der Waals surface area contributed by atoms with Crippen LogP contribution in [0, 0.1) is 24.7 Å². The van der Waals surface area contributed by atoms with Crippen molar-refractivity contribution >= 4 is 35.5 Å². The number of benzene rings is 3. The predicted molar refractivity (Wildman–Crippen MR) is 253 cm³/mol. The average molecular weight is 906 g/mol. The van der Waals surface area contributed by atoms with Crippen molar-refractivity contribution < 1.29 is 38.2 Å². The van der Waals surface area contributed by atoms with Gasteiger partial charge in [0.25, 0.3) is 5.91 Å². The number of aromatic amines is 1. The molecule has 1 atom stereocenters. The summed E-state index contributed by atoms with van der Waals surface area (Å²) in [4.78, 5) is 72.2. The van der Waals surface area contributed by atoms with Crippen LogP contribution in [-0.2, 0) is 36.8 Å². The number of Topliss-reactive ketones (excluding diaryl/α,β-unsaturated/α-hetero) is 1. The second kappa shape index (κ2) is 21.9. The van der Waals surface area contributed by atoms with Gasteiger partial charge in [-0.05, 0) is 158 Å². The average Bonchev–Trinajstić information content (AvgIpc) is 3.74. The van der Waals surface area contributed by atoms with Crippen LogP contribution < -0.4 is 16.0 Å². The van der Waals surface area contributed by atoms with E-state index in [0.29, 0.717) is 81.2 Å². The lowest BCUT2D eigenvalue weighted by atomic mass is 9.77. The van der Waals surface area contributed by atoms with Crippen LogP contribution in [0.1, 0.15) is 114 Å². The first-order chi connectivity index (χ1) is 31.3. The third-order valence-corrected chi connectivity index (χ3v) is 12.0. The highest BCUT2D eigenvalue weighted by Gasteiger charge is 2.32. The number of carbonyl (C=O) groups excluding carboxylic acids is 5. The van der Waals surface area contributed by atoms with Gasteiger partial charge < -0.3 is 35.1 Å². The monoisotopic (exact) mass is 906 g/mol. The molecule has 4 aromatic rings. The molecular formula is C51H67N7O8. The summed E-state index contributed by atoms with van der Waals surface area (Å²) in [6, 6.07) is 20.9. The third-order valence-electron chi connectivity index (χ3n) is 12.0. The fourth-order valence-corrected chi connectivity index (χ4v) is 8.51. The molecule has 2 aliphatic rings. The van der Waals surface area contributed by atoms with Crippen molar-refractivity contribution in [1.82, 2.24) is 30.7 Å². The number of carbonyl (C=O) groups is 5. The second-order valence-electron chi connectivity index (χ2n) is 19.7. The molecule has 2 fully saturated rings. The van der Waals surface area contributed by atoms with Gasteiger partial charge in [-0.2, -0.15) is 5.10 Å². The number of aryl methyl sites for hydroxylation is 1. The van der Waals surface area contributed by atoms with E-state index in [2.05, 4.69) is 31.1 Å². The van der Waals surface area contributed by atoms with Crippen LogP contribution >= 0.6 is 0 Å². The van der Waals surface area contributed by atoms with Gasteiger partial charge in [-0.1, -0.05) is 30.3 Å². The number of nitrogens with one attached hydrogen (secondary N) is 4. The SMILES string of the molecule is COCc1nc(-c2ccc(NC(=O)[C@@H](CC(=O)C3CCC(CNC(=O)OC(C)(C)C)CC3)Cc3ccc(-c4ccc(C(=O)NC5CCN(C(=O)OC(C)(C)C)CC5)cc4C)cc3)cc2)n[nH]1. The normalized spacial score (nSPS) is 17.4. The molecule has 0 bridgehead atoms. The van der Waals surface area contributed by atoms with Crippen LogP contribution in [0.15, 0.2) is 66.7 Å². The molecule has 0 spiro atoms. The molecule has 2 heterocycles. The van der Waals surface area contributed by atoms with Crippen molar-refractivity contribution in [2.75, 3.05) is 32.1 Å². The molecule has 354 valence electrons. The number of amides is 4. The standard InChI is InChI=1S/C51H67N7O8/c1-32-27-38(46(60)54-41-23-25-58(26-24-41)49(63)66-51(5,6)7)19-22-42(32)35-13-9-33(10-14-35)28-39(29-43(59)36-15-11-34(12-16-36)30-52-48(62)65-50(2,3)4)47(61)53-40-20-17-37(18-21-40)45-55-44(31-64-8)56-57-45/h9-10,13-14,17-22,27,34,36,39,41H,11-12,15-16,23-26,28-31H2,1-8H3,(H,52,62)(H,53,61)(H,54,60)(H,55,56,57)/t34?,36?,39-/m1/s1. The Bertz CT molecular complexity index is 2300. The van der Waals surface area contributed by atoms with Crippen molar-refractivity contribution in [2.45, 2.75) is 124 Å². The Hall–Kier alpha value is -6.09. The van der Waals surface area contributed by atoms with Gasteiger partial charge in [0.15, 0.2) is 11.6 Å².